The second-order valence-corrected chi connectivity index (χ2v) is 5.48. The average molecular weight is 294 g/mol. The van der Waals surface area contributed by atoms with Gasteiger partial charge in [-0.2, -0.15) is 4.98 Å². The highest BCUT2D eigenvalue weighted by atomic mass is 32.1. The van der Waals surface area contributed by atoms with Gasteiger partial charge in [0.25, 0.3) is 5.89 Å². The number of anilines is 1. The molecule has 0 aliphatic carbocycles. The number of hydrogen-bond acceptors (Lipinski definition) is 6. The number of rotatable bonds is 2. The Morgan fingerprint density at radius 2 is 2.10 bits per heavy atom. The van der Waals surface area contributed by atoms with Crippen LogP contribution in [0.4, 0.5) is 5.00 Å². The van der Waals surface area contributed by atoms with Crippen molar-refractivity contribution in [3.8, 4) is 22.8 Å². The molecule has 4 aromatic rings. The second kappa shape index (κ2) is 4.68. The molecule has 4 rings (SSSR count). The molecule has 0 atom stereocenters. The van der Waals surface area contributed by atoms with Gasteiger partial charge in [-0.1, -0.05) is 11.2 Å². The van der Waals surface area contributed by atoms with Crippen molar-refractivity contribution in [2.24, 2.45) is 0 Å². The summed E-state index contributed by atoms with van der Waals surface area (Å²) >= 11 is 1.45. The molecule has 3 heterocycles. The molecule has 6 heteroatoms. The van der Waals surface area contributed by atoms with Gasteiger partial charge in [-0.25, -0.2) is 0 Å². The highest BCUT2D eigenvalue weighted by Crippen LogP contribution is 2.31. The molecule has 0 radical (unpaired) electrons. The monoisotopic (exact) mass is 294 g/mol. The first-order valence-electron chi connectivity index (χ1n) is 6.33. The van der Waals surface area contributed by atoms with Gasteiger partial charge in [0.15, 0.2) is 0 Å². The summed E-state index contributed by atoms with van der Waals surface area (Å²) in [5.74, 6) is 0.983. The van der Waals surface area contributed by atoms with E-state index in [-0.39, 0.29) is 0 Å². The third-order valence-corrected chi connectivity index (χ3v) is 3.96. The van der Waals surface area contributed by atoms with Crippen LogP contribution in [0.5, 0.6) is 0 Å². The molecule has 3 aromatic heterocycles. The molecular weight excluding hydrogens is 284 g/mol. The van der Waals surface area contributed by atoms with E-state index in [9.17, 15) is 0 Å². The van der Waals surface area contributed by atoms with Crippen LogP contribution >= 0.6 is 11.3 Å². The summed E-state index contributed by atoms with van der Waals surface area (Å²) in [7, 11) is 0. The molecular formula is C15H10N4OS. The molecule has 1 aromatic carbocycles. The fourth-order valence-electron chi connectivity index (χ4n) is 2.16. The van der Waals surface area contributed by atoms with Crippen molar-refractivity contribution in [2.45, 2.75) is 0 Å². The summed E-state index contributed by atoms with van der Waals surface area (Å²) < 4.78 is 5.31. The maximum atomic E-state index is 5.88. The van der Waals surface area contributed by atoms with Gasteiger partial charge < -0.3 is 10.3 Å². The van der Waals surface area contributed by atoms with Crippen molar-refractivity contribution in [1.29, 1.82) is 0 Å². The molecule has 102 valence electrons. The van der Waals surface area contributed by atoms with Crippen molar-refractivity contribution in [3.63, 3.8) is 0 Å². The van der Waals surface area contributed by atoms with E-state index in [2.05, 4.69) is 15.1 Å². The molecule has 0 saturated heterocycles. The third kappa shape index (κ3) is 2.05. The fourth-order valence-corrected chi connectivity index (χ4v) is 2.80. The lowest BCUT2D eigenvalue weighted by Gasteiger charge is -1.98. The van der Waals surface area contributed by atoms with Gasteiger partial charge in [-0.3, -0.25) is 4.98 Å². The summed E-state index contributed by atoms with van der Waals surface area (Å²) in [6.07, 6.45) is 1.77. The molecule has 0 aliphatic heterocycles. The SMILES string of the molecule is Nc1sccc1-c1nc(-c2ccc3ncccc3c2)no1. The van der Waals surface area contributed by atoms with E-state index >= 15 is 0 Å². The largest absolute Gasteiger partial charge is 0.390 e. The Balaban J connectivity index is 1.79. The van der Waals surface area contributed by atoms with E-state index in [1.54, 1.807) is 6.20 Å². The lowest BCUT2D eigenvalue weighted by atomic mass is 10.1. The van der Waals surface area contributed by atoms with Crippen LogP contribution in [0.3, 0.4) is 0 Å². The number of aromatic nitrogens is 3. The lowest BCUT2D eigenvalue weighted by Crippen LogP contribution is -1.85. The number of pyridine rings is 1. The van der Waals surface area contributed by atoms with Crippen LogP contribution in [0, 0.1) is 0 Å². The van der Waals surface area contributed by atoms with Gasteiger partial charge in [0.2, 0.25) is 5.82 Å². The molecule has 2 N–H and O–H groups in total. The van der Waals surface area contributed by atoms with E-state index < -0.39 is 0 Å². The number of nitrogens with two attached hydrogens (primary N) is 1. The Bertz CT molecular complexity index is 928. The molecule has 21 heavy (non-hydrogen) atoms. The second-order valence-electron chi connectivity index (χ2n) is 4.53. The Hall–Kier alpha value is -2.73. The number of nitrogen functional groups attached to an aromatic ring is 1. The van der Waals surface area contributed by atoms with E-state index in [4.69, 9.17) is 10.3 Å². The average Bonchev–Trinajstić information content (AvgIpc) is 3.15. The van der Waals surface area contributed by atoms with E-state index in [0.717, 1.165) is 22.0 Å². The van der Waals surface area contributed by atoms with Crippen LogP contribution in [0.1, 0.15) is 0 Å². The lowest BCUT2D eigenvalue weighted by molar-refractivity contribution is 0.432. The van der Waals surface area contributed by atoms with Gasteiger partial charge in [0.1, 0.15) is 0 Å². The summed E-state index contributed by atoms with van der Waals surface area (Å²) in [5.41, 5.74) is 8.48. The summed E-state index contributed by atoms with van der Waals surface area (Å²) in [6, 6.07) is 11.7. The highest BCUT2D eigenvalue weighted by Gasteiger charge is 2.14. The number of benzene rings is 1. The summed E-state index contributed by atoms with van der Waals surface area (Å²) in [5, 5.41) is 7.64. The smallest absolute Gasteiger partial charge is 0.261 e. The van der Waals surface area contributed by atoms with Gasteiger partial charge in [0, 0.05) is 17.1 Å². The van der Waals surface area contributed by atoms with Crippen LogP contribution in [0.2, 0.25) is 0 Å². The molecule has 0 bridgehead atoms. The maximum absolute atomic E-state index is 5.88. The number of thiophene rings is 1. The van der Waals surface area contributed by atoms with Crippen LogP contribution in [0.25, 0.3) is 33.7 Å². The molecule has 5 nitrogen and oxygen atoms in total. The van der Waals surface area contributed by atoms with Crippen LogP contribution in [-0.2, 0) is 0 Å². The zero-order chi connectivity index (χ0) is 14.2. The zero-order valence-corrected chi connectivity index (χ0v) is 11.7. The predicted molar refractivity (Wildman–Crippen MR) is 82.8 cm³/mol. The predicted octanol–water partition coefficient (Wildman–Crippen LogP) is 3.60. The third-order valence-electron chi connectivity index (χ3n) is 3.21. The minimum Gasteiger partial charge on any atom is -0.390 e. The normalized spacial score (nSPS) is 11.0. The quantitative estimate of drug-likeness (QED) is 0.611. The Kier molecular flexibility index (Phi) is 2.68. The van der Waals surface area contributed by atoms with Crippen molar-refractivity contribution < 1.29 is 4.52 Å². The first kappa shape index (κ1) is 12.0. The minimum absolute atomic E-state index is 0.440. The fraction of sp³-hybridized carbons (Fsp3) is 0. The van der Waals surface area contributed by atoms with Crippen LogP contribution in [0.15, 0.2) is 52.5 Å². The van der Waals surface area contributed by atoms with Crippen LogP contribution < -0.4 is 5.73 Å². The van der Waals surface area contributed by atoms with E-state index in [0.29, 0.717) is 16.7 Å². The summed E-state index contributed by atoms with van der Waals surface area (Å²) in [4.78, 5) is 8.71. The summed E-state index contributed by atoms with van der Waals surface area (Å²) in [6.45, 7) is 0. The Labute approximate surface area is 124 Å². The number of fused-ring (bicyclic) bond motifs is 1. The molecule has 0 saturated carbocycles. The number of nitrogens with zero attached hydrogens (tertiary/aromatic N) is 3. The molecule has 0 fully saturated rings. The molecule has 0 aliphatic rings. The number of hydrogen-bond donors (Lipinski definition) is 1. The van der Waals surface area contributed by atoms with E-state index in [1.807, 2.05) is 41.8 Å². The van der Waals surface area contributed by atoms with E-state index in [1.165, 1.54) is 11.3 Å². The van der Waals surface area contributed by atoms with Crippen molar-refractivity contribution in [2.75, 3.05) is 5.73 Å². The van der Waals surface area contributed by atoms with Gasteiger partial charge in [0.05, 0.1) is 16.1 Å². The molecule has 0 amide bonds. The highest BCUT2D eigenvalue weighted by molar-refractivity contribution is 7.14. The van der Waals surface area contributed by atoms with Gasteiger partial charge >= 0.3 is 0 Å². The zero-order valence-electron chi connectivity index (χ0n) is 10.9. The first-order valence-corrected chi connectivity index (χ1v) is 7.21. The molecule has 0 unspecified atom stereocenters. The van der Waals surface area contributed by atoms with Crippen LogP contribution in [-0.4, -0.2) is 15.1 Å². The topological polar surface area (TPSA) is 77.8 Å². The maximum Gasteiger partial charge on any atom is 0.261 e. The van der Waals surface area contributed by atoms with Gasteiger partial charge in [-0.05, 0) is 35.7 Å². The van der Waals surface area contributed by atoms with Gasteiger partial charge in [-0.15, -0.1) is 11.3 Å². The van der Waals surface area contributed by atoms with Crippen molar-refractivity contribution in [1.82, 2.24) is 15.1 Å². The standard InChI is InChI=1S/C15H10N4OS/c16-13-11(5-7-21-13)15-18-14(19-20-15)10-3-4-12-9(8-10)2-1-6-17-12/h1-8H,16H2. The first-order chi connectivity index (χ1) is 10.3. The minimum atomic E-state index is 0.440. The molecule has 0 spiro atoms. The van der Waals surface area contributed by atoms with Crippen molar-refractivity contribution in [3.05, 3.63) is 48.0 Å². The Morgan fingerprint density at radius 3 is 2.95 bits per heavy atom. The van der Waals surface area contributed by atoms with Crippen molar-refractivity contribution >= 4 is 27.2 Å². The Morgan fingerprint density at radius 1 is 1.14 bits per heavy atom.